The molecule has 1 aromatic carbocycles. The van der Waals surface area contributed by atoms with Crippen molar-refractivity contribution in [2.75, 3.05) is 5.32 Å². The van der Waals surface area contributed by atoms with Crippen LogP contribution in [-0.4, -0.2) is 10.1 Å². The van der Waals surface area contributed by atoms with Gasteiger partial charge in [-0.05, 0) is 28.1 Å². The standard InChI is InChI=1S/C12H10BrFN2O/c13-9-5-10(14)12(16-7-9)15-6-8-3-1-2-4-11(8)17/h1-5,7,17H,6H2,(H,15,16). The summed E-state index contributed by atoms with van der Waals surface area (Å²) in [5.41, 5.74) is 0.691. The fraction of sp³-hybridized carbons (Fsp3) is 0.0833. The van der Waals surface area contributed by atoms with Crippen molar-refractivity contribution in [3.63, 3.8) is 0 Å². The number of halogens is 2. The molecule has 2 rings (SSSR count). The van der Waals surface area contributed by atoms with Gasteiger partial charge in [0.15, 0.2) is 11.6 Å². The molecule has 0 bridgehead atoms. The van der Waals surface area contributed by atoms with Crippen molar-refractivity contribution < 1.29 is 9.50 Å². The van der Waals surface area contributed by atoms with E-state index in [-0.39, 0.29) is 11.6 Å². The zero-order valence-corrected chi connectivity index (χ0v) is 10.4. The highest BCUT2D eigenvalue weighted by molar-refractivity contribution is 9.10. The molecule has 0 spiro atoms. The van der Waals surface area contributed by atoms with E-state index in [9.17, 15) is 9.50 Å². The van der Waals surface area contributed by atoms with E-state index in [1.807, 2.05) is 6.07 Å². The smallest absolute Gasteiger partial charge is 0.166 e. The van der Waals surface area contributed by atoms with Gasteiger partial charge in [-0.15, -0.1) is 0 Å². The highest BCUT2D eigenvalue weighted by Crippen LogP contribution is 2.19. The molecule has 1 aromatic heterocycles. The highest BCUT2D eigenvalue weighted by atomic mass is 79.9. The Morgan fingerprint density at radius 1 is 1.35 bits per heavy atom. The minimum absolute atomic E-state index is 0.163. The van der Waals surface area contributed by atoms with Crippen LogP contribution in [0.1, 0.15) is 5.56 Å². The minimum Gasteiger partial charge on any atom is -0.508 e. The number of para-hydroxylation sites is 1. The van der Waals surface area contributed by atoms with Crippen molar-refractivity contribution in [1.82, 2.24) is 4.98 Å². The van der Waals surface area contributed by atoms with Crippen molar-refractivity contribution in [2.24, 2.45) is 0 Å². The highest BCUT2D eigenvalue weighted by Gasteiger charge is 2.05. The molecule has 5 heteroatoms. The molecule has 0 aliphatic carbocycles. The number of nitrogens with one attached hydrogen (secondary N) is 1. The first-order chi connectivity index (χ1) is 8.16. The Hall–Kier alpha value is -1.62. The Morgan fingerprint density at radius 3 is 2.82 bits per heavy atom. The largest absolute Gasteiger partial charge is 0.508 e. The molecule has 0 aliphatic rings. The van der Waals surface area contributed by atoms with Crippen LogP contribution < -0.4 is 5.32 Å². The van der Waals surface area contributed by atoms with E-state index in [4.69, 9.17) is 0 Å². The van der Waals surface area contributed by atoms with E-state index in [0.717, 1.165) is 0 Å². The Morgan fingerprint density at radius 2 is 2.12 bits per heavy atom. The number of anilines is 1. The summed E-state index contributed by atoms with van der Waals surface area (Å²) in [5, 5.41) is 12.4. The van der Waals surface area contributed by atoms with Crippen molar-refractivity contribution >= 4 is 21.7 Å². The molecular formula is C12H10BrFN2O. The molecule has 2 N–H and O–H groups in total. The summed E-state index contributed by atoms with van der Waals surface area (Å²) in [6.07, 6.45) is 1.51. The molecule has 3 nitrogen and oxygen atoms in total. The summed E-state index contributed by atoms with van der Waals surface area (Å²) in [6, 6.07) is 8.22. The van der Waals surface area contributed by atoms with Gasteiger partial charge in [-0.3, -0.25) is 0 Å². The predicted octanol–water partition coefficient (Wildman–Crippen LogP) is 3.30. The molecule has 0 radical (unpaired) electrons. The van der Waals surface area contributed by atoms with Gasteiger partial charge in [0.1, 0.15) is 5.75 Å². The minimum atomic E-state index is -0.435. The summed E-state index contributed by atoms with van der Waals surface area (Å²) < 4.78 is 14.0. The maximum Gasteiger partial charge on any atom is 0.166 e. The zero-order valence-electron chi connectivity index (χ0n) is 8.82. The van der Waals surface area contributed by atoms with E-state index in [1.165, 1.54) is 12.3 Å². The normalized spacial score (nSPS) is 10.2. The summed E-state index contributed by atoms with van der Waals surface area (Å²) in [4.78, 5) is 3.91. The average Bonchev–Trinajstić information content (AvgIpc) is 2.30. The van der Waals surface area contributed by atoms with Crippen LogP contribution in [0.15, 0.2) is 41.0 Å². The van der Waals surface area contributed by atoms with E-state index in [2.05, 4.69) is 26.2 Å². The quantitative estimate of drug-likeness (QED) is 0.913. The maximum atomic E-state index is 13.4. The molecule has 0 unspecified atom stereocenters. The first-order valence-electron chi connectivity index (χ1n) is 4.98. The second kappa shape index (κ2) is 5.14. The molecular weight excluding hydrogens is 287 g/mol. The average molecular weight is 297 g/mol. The van der Waals surface area contributed by atoms with E-state index >= 15 is 0 Å². The number of aromatic nitrogens is 1. The number of hydrogen-bond acceptors (Lipinski definition) is 3. The molecule has 2 aromatic rings. The van der Waals surface area contributed by atoms with Crippen molar-refractivity contribution in [2.45, 2.75) is 6.54 Å². The van der Waals surface area contributed by atoms with Crippen LogP contribution in [0.5, 0.6) is 5.75 Å². The fourth-order valence-electron chi connectivity index (χ4n) is 1.38. The molecule has 0 fully saturated rings. The summed E-state index contributed by atoms with van der Waals surface area (Å²) in [5.74, 6) is -0.0937. The van der Waals surface area contributed by atoms with E-state index < -0.39 is 5.82 Å². The van der Waals surface area contributed by atoms with Crippen LogP contribution in [0.3, 0.4) is 0 Å². The number of phenolic OH excluding ortho intramolecular Hbond substituents is 1. The number of rotatable bonds is 3. The van der Waals surface area contributed by atoms with Crippen LogP contribution in [0.25, 0.3) is 0 Å². The second-order valence-corrected chi connectivity index (χ2v) is 4.38. The van der Waals surface area contributed by atoms with Gasteiger partial charge >= 0.3 is 0 Å². The van der Waals surface area contributed by atoms with E-state index in [0.29, 0.717) is 16.6 Å². The molecule has 0 amide bonds. The monoisotopic (exact) mass is 296 g/mol. The Balaban J connectivity index is 2.10. The molecule has 17 heavy (non-hydrogen) atoms. The third-order valence-electron chi connectivity index (χ3n) is 2.25. The molecule has 1 heterocycles. The third-order valence-corrected chi connectivity index (χ3v) is 2.68. The summed E-state index contributed by atoms with van der Waals surface area (Å²) in [6.45, 7) is 0.318. The van der Waals surface area contributed by atoms with Crippen LogP contribution in [-0.2, 0) is 6.54 Å². The number of aromatic hydroxyl groups is 1. The second-order valence-electron chi connectivity index (χ2n) is 3.47. The first kappa shape index (κ1) is 11.9. The Kier molecular flexibility index (Phi) is 3.58. The molecule has 88 valence electrons. The van der Waals surface area contributed by atoms with Gasteiger partial charge in [0, 0.05) is 22.8 Å². The van der Waals surface area contributed by atoms with Gasteiger partial charge in [0.25, 0.3) is 0 Å². The molecule has 0 aliphatic heterocycles. The lowest BCUT2D eigenvalue weighted by Crippen LogP contribution is -2.03. The lowest BCUT2D eigenvalue weighted by molar-refractivity contribution is 0.469. The molecule has 0 atom stereocenters. The van der Waals surface area contributed by atoms with Crippen LogP contribution in [0, 0.1) is 5.82 Å². The summed E-state index contributed by atoms with van der Waals surface area (Å²) >= 11 is 3.13. The molecule has 0 saturated heterocycles. The van der Waals surface area contributed by atoms with Crippen LogP contribution in [0.2, 0.25) is 0 Å². The van der Waals surface area contributed by atoms with Crippen LogP contribution in [0.4, 0.5) is 10.2 Å². The third kappa shape index (κ3) is 2.94. The van der Waals surface area contributed by atoms with E-state index in [1.54, 1.807) is 18.2 Å². The number of nitrogens with zero attached hydrogens (tertiary/aromatic N) is 1. The lowest BCUT2D eigenvalue weighted by atomic mass is 10.2. The topological polar surface area (TPSA) is 45.1 Å². The summed E-state index contributed by atoms with van der Waals surface area (Å²) in [7, 11) is 0. The van der Waals surface area contributed by atoms with Crippen molar-refractivity contribution in [3.8, 4) is 5.75 Å². The van der Waals surface area contributed by atoms with Gasteiger partial charge < -0.3 is 10.4 Å². The Labute approximate surface area is 106 Å². The van der Waals surface area contributed by atoms with Crippen molar-refractivity contribution in [1.29, 1.82) is 0 Å². The van der Waals surface area contributed by atoms with Gasteiger partial charge in [-0.25, -0.2) is 9.37 Å². The number of pyridine rings is 1. The SMILES string of the molecule is Oc1ccccc1CNc1ncc(Br)cc1F. The zero-order chi connectivity index (χ0) is 12.3. The predicted molar refractivity (Wildman–Crippen MR) is 67.3 cm³/mol. The fourth-order valence-corrected chi connectivity index (χ4v) is 1.69. The number of benzene rings is 1. The molecule has 0 saturated carbocycles. The first-order valence-corrected chi connectivity index (χ1v) is 5.78. The maximum absolute atomic E-state index is 13.4. The van der Waals surface area contributed by atoms with Gasteiger partial charge in [-0.1, -0.05) is 18.2 Å². The number of hydrogen-bond donors (Lipinski definition) is 2. The number of phenols is 1. The van der Waals surface area contributed by atoms with Crippen LogP contribution >= 0.6 is 15.9 Å². The van der Waals surface area contributed by atoms with Gasteiger partial charge in [-0.2, -0.15) is 0 Å². The van der Waals surface area contributed by atoms with Gasteiger partial charge in [0.2, 0.25) is 0 Å². The van der Waals surface area contributed by atoms with Gasteiger partial charge in [0.05, 0.1) is 0 Å². The van der Waals surface area contributed by atoms with Crippen molar-refractivity contribution in [3.05, 3.63) is 52.4 Å². The Bertz CT molecular complexity index is 534. The lowest BCUT2D eigenvalue weighted by Gasteiger charge is -2.08.